The zero-order chi connectivity index (χ0) is 14.8. The first kappa shape index (κ1) is 14.5. The van der Waals surface area contributed by atoms with Gasteiger partial charge in [0, 0.05) is 24.9 Å². The molecule has 0 radical (unpaired) electrons. The number of thiocarbonyl (C=S) groups is 1. The van der Waals surface area contributed by atoms with Crippen LogP contribution in [0.2, 0.25) is 0 Å². The number of benzene rings is 1. The summed E-state index contributed by atoms with van der Waals surface area (Å²) in [5.74, 6) is 0.440. The van der Waals surface area contributed by atoms with E-state index in [2.05, 4.69) is 24.3 Å². The van der Waals surface area contributed by atoms with Gasteiger partial charge < -0.3 is 10.6 Å². The molecule has 0 saturated heterocycles. The van der Waals surface area contributed by atoms with Crippen LogP contribution >= 0.6 is 12.2 Å². The van der Waals surface area contributed by atoms with Gasteiger partial charge in [-0.15, -0.1) is 0 Å². The molecule has 4 heteroatoms. The lowest BCUT2D eigenvalue weighted by Gasteiger charge is -2.30. The highest BCUT2D eigenvalue weighted by molar-refractivity contribution is 7.80. The lowest BCUT2D eigenvalue weighted by molar-refractivity contribution is -0.136. The molecule has 1 fully saturated rings. The second kappa shape index (κ2) is 6.14. The van der Waals surface area contributed by atoms with Gasteiger partial charge in [-0.3, -0.25) is 4.79 Å². The summed E-state index contributed by atoms with van der Waals surface area (Å²) >= 11 is 4.96. The van der Waals surface area contributed by atoms with E-state index < -0.39 is 0 Å². The SMILES string of the molecule is NC(=S)CCN(C(=O)C1CCc2ccccc2C1)C1CC1. The van der Waals surface area contributed by atoms with Gasteiger partial charge in [0.15, 0.2) is 0 Å². The molecule has 0 heterocycles. The van der Waals surface area contributed by atoms with Gasteiger partial charge in [0.1, 0.15) is 0 Å². The smallest absolute Gasteiger partial charge is 0.226 e. The minimum Gasteiger partial charge on any atom is -0.393 e. The minimum atomic E-state index is 0.131. The molecule has 0 aliphatic heterocycles. The second-order valence-electron chi connectivity index (χ2n) is 6.19. The molecule has 1 saturated carbocycles. The van der Waals surface area contributed by atoms with Gasteiger partial charge in [-0.2, -0.15) is 0 Å². The molecule has 1 unspecified atom stereocenters. The first-order chi connectivity index (χ1) is 10.1. The maximum absolute atomic E-state index is 12.8. The van der Waals surface area contributed by atoms with Crippen LogP contribution in [0.1, 0.15) is 36.8 Å². The largest absolute Gasteiger partial charge is 0.393 e. The van der Waals surface area contributed by atoms with Crippen molar-refractivity contribution in [1.82, 2.24) is 4.90 Å². The summed E-state index contributed by atoms with van der Waals surface area (Å²) < 4.78 is 0. The van der Waals surface area contributed by atoms with Crippen molar-refractivity contribution >= 4 is 23.1 Å². The lowest BCUT2D eigenvalue weighted by Crippen LogP contribution is -2.41. The number of aryl methyl sites for hydroxylation is 1. The van der Waals surface area contributed by atoms with E-state index in [9.17, 15) is 4.79 Å². The number of rotatable bonds is 5. The molecule has 0 bridgehead atoms. The number of hydrogen-bond acceptors (Lipinski definition) is 2. The summed E-state index contributed by atoms with van der Waals surface area (Å²) in [6.07, 6.45) is 5.76. The Morgan fingerprint density at radius 1 is 1.24 bits per heavy atom. The molecule has 3 rings (SSSR count). The number of nitrogens with zero attached hydrogens (tertiary/aromatic N) is 1. The topological polar surface area (TPSA) is 46.3 Å². The van der Waals surface area contributed by atoms with Crippen LogP contribution in [0.5, 0.6) is 0 Å². The summed E-state index contributed by atoms with van der Waals surface area (Å²) in [6, 6.07) is 8.92. The maximum atomic E-state index is 12.8. The molecule has 21 heavy (non-hydrogen) atoms. The average molecular weight is 302 g/mol. The fourth-order valence-corrected chi connectivity index (χ4v) is 3.32. The summed E-state index contributed by atoms with van der Waals surface area (Å²) in [7, 11) is 0. The van der Waals surface area contributed by atoms with E-state index in [0.717, 1.165) is 32.1 Å². The summed E-state index contributed by atoms with van der Waals surface area (Å²) in [6.45, 7) is 0.691. The highest BCUT2D eigenvalue weighted by Crippen LogP contribution is 2.32. The molecule has 0 spiro atoms. The first-order valence-corrected chi connectivity index (χ1v) is 8.21. The number of carbonyl (C=O) groups excluding carboxylic acids is 1. The van der Waals surface area contributed by atoms with E-state index in [1.165, 1.54) is 11.1 Å². The molecule has 112 valence electrons. The van der Waals surface area contributed by atoms with Crippen molar-refractivity contribution in [2.75, 3.05) is 6.54 Å². The molecule has 2 aliphatic rings. The fraction of sp³-hybridized carbons (Fsp3) is 0.529. The first-order valence-electron chi connectivity index (χ1n) is 7.80. The predicted molar refractivity (Wildman–Crippen MR) is 88.1 cm³/mol. The third-order valence-electron chi connectivity index (χ3n) is 4.57. The van der Waals surface area contributed by atoms with Crippen LogP contribution in [-0.2, 0) is 17.6 Å². The summed E-state index contributed by atoms with van der Waals surface area (Å²) in [5.41, 5.74) is 8.34. The molecule has 1 aromatic rings. The van der Waals surface area contributed by atoms with Gasteiger partial charge in [0.05, 0.1) is 4.99 Å². The van der Waals surface area contributed by atoms with Crippen LogP contribution in [0.4, 0.5) is 0 Å². The Morgan fingerprint density at radius 2 is 1.95 bits per heavy atom. The van der Waals surface area contributed by atoms with Crippen molar-refractivity contribution in [2.24, 2.45) is 11.7 Å². The number of nitrogens with two attached hydrogens (primary N) is 1. The monoisotopic (exact) mass is 302 g/mol. The minimum absolute atomic E-state index is 0.131. The number of fused-ring (bicyclic) bond motifs is 1. The van der Waals surface area contributed by atoms with Crippen molar-refractivity contribution < 1.29 is 4.79 Å². The van der Waals surface area contributed by atoms with Crippen LogP contribution in [0.25, 0.3) is 0 Å². The molecule has 2 aliphatic carbocycles. The van der Waals surface area contributed by atoms with Crippen molar-refractivity contribution in [3.8, 4) is 0 Å². The Bertz CT molecular complexity index is 553. The third-order valence-corrected chi connectivity index (χ3v) is 4.77. The van der Waals surface area contributed by atoms with E-state index in [0.29, 0.717) is 29.9 Å². The van der Waals surface area contributed by atoms with Crippen LogP contribution in [-0.4, -0.2) is 28.4 Å². The van der Waals surface area contributed by atoms with Gasteiger partial charge in [-0.05, 0) is 43.2 Å². The molecule has 3 nitrogen and oxygen atoms in total. The Kier molecular flexibility index (Phi) is 4.24. The molecule has 2 N–H and O–H groups in total. The Hall–Kier alpha value is -1.42. The van der Waals surface area contributed by atoms with Crippen molar-refractivity contribution in [1.29, 1.82) is 0 Å². The van der Waals surface area contributed by atoms with Gasteiger partial charge in [-0.1, -0.05) is 36.5 Å². The van der Waals surface area contributed by atoms with E-state index in [4.69, 9.17) is 18.0 Å². The Morgan fingerprint density at radius 3 is 2.62 bits per heavy atom. The highest BCUT2D eigenvalue weighted by Gasteiger charge is 2.36. The molecule has 1 atom stereocenters. The van der Waals surface area contributed by atoms with Crippen molar-refractivity contribution in [3.63, 3.8) is 0 Å². The van der Waals surface area contributed by atoms with Crippen molar-refractivity contribution in [3.05, 3.63) is 35.4 Å². The van der Waals surface area contributed by atoms with Gasteiger partial charge in [0.2, 0.25) is 5.91 Å². The fourth-order valence-electron chi connectivity index (χ4n) is 3.23. The molecule has 0 aromatic heterocycles. The third kappa shape index (κ3) is 3.43. The van der Waals surface area contributed by atoms with E-state index in [1.54, 1.807) is 0 Å². The zero-order valence-corrected chi connectivity index (χ0v) is 13.1. The normalized spacial score (nSPS) is 20.7. The highest BCUT2D eigenvalue weighted by atomic mass is 32.1. The van der Waals surface area contributed by atoms with Crippen LogP contribution in [0.3, 0.4) is 0 Å². The van der Waals surface area contributed by atoms with E-state index in [-0.39, 0.29) is 5.92 Å². The lowest BCUT2D eigenvalue weighted by atomic mass is 9.83. The van der Waals surface area contributed by atoms with Gasteiger partial charge in [-0.25, -0.2) is 0 Å². The predicted octanol–water partition coefficient (Wildman–Crippen LogP) is 2.46. The van der Waals surface area contributed by atoms with Gasteiger partial charge in [0.25, 0.3) is 0 Å². The quantitative estimate of drug-likeness (QED) is 0.850. The Labute approximate surface area is 131 Å². The van der Waals surface area contributed by atoms with Gasteiger partial charge >= 0.3 is 0 Å². The van der Waals surface area contributed by atoms with E-state index >= 15 is 0 Å². The maximum Gasteiger partial charge on any atom is 0.226 e. The summed E-state index contributed by atoms with van der Waals surface area (Å²) in [4.78, 5) is 15.4. The van der Waals surface area contributed by atoms with Crippen LogP contribution < -0.4 is 5.73 Å². The molecular weight excluding hydrogens is 280 g/mol. The number of hydrogen-bond donors (Lipinski definition) is 1. The zero-order valence-electron chi connectivity index (χ0n) is 12.3. The van der Waals surface area contributed by atoms with Crippen LogP contribution in [0, 0.1) is 5.92 Å². The molecular formula is C17H22N2OS. The second-order valence-corrected chi connectivity index (χ2v) is 6.71. The standard InChI is InChI=1S/C17H22N2OS/c18-16(21)9-10-19(15-7-8-15)17(20)14-6-5-12-3-1-2-4-13(12)11-14/h1-4,14-15H,5-11H2,(H2,18,21). The van der Waals surface area contributed by atoms with Crippen molar-refractivity contribution in [2.45, 2.75) is 44.6 Å². The van der Waals surface area contributed by atoms with Crippen LogP contribution in [0.15, 0.2) is 24.3 Å². The molecule has 1 amide bonds. The van der Waals surface area contributed by atoms with E-state index in [1.807, 2.05) is 4.90 Å². The Balaban J connectivity index is 1.68. The average Bonchev–Trinajstić information content (AvgIpc) is 3.31. The molecule has 1 aromatic carbocycles. The number of amides is 1. The summed E-state index contributed by atoms with van der Waals surface area (Å²) in [5, 5.41) is 0. The number of carbonyl (C=O) groups is 1.